The lowest BCUT2D eigenvalue weighted by Crippen LogP contribution is -2.29. The molecule has 88 valence electrons. The van der Waals surface area contributed by atoms with Crippen molar-refractivity contribution in [2.75, 3.05) is 0 Å². The summed E-state index contributed by atoms with van der Waals surface area (Å²) >= 11 is 0. The number of aliphatic hydroxyl groups is 1. The summed E-state index contributed by atoms with van der Waals surface area (Å²) in [5.74, 6) is -0.610. The Morgan fingerprint density at radius 2 is 2.00 bits per heavy atom. The molecule has 16 heavy (non-hydrogen) atoms. The van der Waals surface area contributed by atoms with Gasteiger partial charge in [-0.2, -0.15) is 0 Å². The van der Waals surface area contributed by atoms with Gasteiger partial charge in [0.15, 0.2) is 6.10 Å². The van der Waals surface area contributed by atoms with Gasteiger partial charge in [0.2, 0.25) is 0 Å². The molecule has 1 rings (SSSR count). The Hall–Kier alpha value is -1.35. The van der Waals surface area contributed by atoms with Gasteiger partial charge in [-0.1, -0.05) is 50.6 Å². The molecule has 0 aromatic heterocycles. The topological polar surface area (TPSA) is 46.5 Å². The van der Waals surface area contributed by atoms with Gasteiger partial charge in [0.1, 0.15) is 6.61 Å². The lowest BCUT2D eigenvalue weighted by atomic mass is 10.0. The van der Waals surface area contributed by atoms with Gasteiger partial charge < -0.3 is 9.84 Å². The number of rotatable bonds is 5. The maximum absolute atomic E-state index is 11.4. The summed E-state index contributed by atoms with van der Waals surface area (Å²) in [6.45, 7) is 3.97. The first-order chi connectivity index (χ1) is 7.65. The SMILES string of the molecule is CC[C@@H](C)[C@H](O)C(=O)OCc1ccccc1. The number of esters is 1. The van der Waals surface area contributed by atoms with Gasteiger partial charge in [-0.15, -0.1) is 0 Å². The highest BCUT2D eigenvalue weighted by molar-refractivity contribution is 5.74. The highest BCUT2D eigenvalue weighted by atomic mass is 16.5. The Morgan fingerprint density at radius 1 is 1.38 bits per heavy atom. The van der Waals surface area contributed by atoms with Crippen LogP contribution in [0.3, 0.4) is 0 Å². The molecule has 0 spiro atoms. The average molecular weight is 222 g/mol. The van der Waals surface area contributed by atoms with Crippen LogP contribution in [-0.4, -0.2) is 17.2 Å². The van der Waals surface area contributed by atoms with Crippen LogP contribution in [0.15, 0.2) is 30.3 Å². The molecule has 0 fully saturated rings. The van der Waals surface area contributed by atoms with E-state index >= 15 is 0 Å². The number of hydrogen-bond donors (Lipinski definition) is 1. The van der Waals surface area contributed by atoms with E-state index in [1.54, 1.807) is 0 Å². The summed E-state index contributed by atoms with van der Waals surface area (Å²) in [4.78, 5) is 11.4. The molecular weight excluding hydrogens is 204 g/mol. The highest BCUT2D eigenvalue weighted by Gasteiger charge is 2.22. The zero-order chi connectivity index (χ0) is 12.0. The van der Waals surface area contributed by atoms with Crippen LogP contribution in [0.5, 0.6) is 0 Å². The number of carbonyl (C=O) groups excluding carboxylic acids is 1. The standard InChI is InChI=1S/C13H18O3/c1-3-10(2)12(14)13(15)16-9-11-7-5-4-6-8-11/h4-8,10,12,14H,3,9H2,1-2H3/t10-,12+/m1/s1. The van der Waals surface area contributed by atoms with Crippen LogP contribution in [0, 0.1) is 5.92 Å². The first kappa shape index (κ1) is 12.7. The molecule has 3 nitrogen and oxygen atoms in total. The Morgan fingerprint density at radius 3 is 2.56 bits per heavy atom. The maximum atomic E-state index is 11.4. The molecule has 0 unspecified atom stereocenters. The molecule has 0 amide bonds. The van der Waals surface area contributed by atoms with Crippen LogP contribution in [0.25, 0.3) is 0 Å². The Kier molecular flexibility index (Phi) is 4.99. The molecule has 0 radical (unpaired) electrons. The molecule has 0 heterocycles. The predicted octanol–water partition coefficient (Wildman–Crippen LogP) is 2.14. The summed E-state index contributed by atoms with van der Waals surface area (Å²) in [5.41, 5.74) is 0.923. The second-order valence-electron chi connectivity index (χ2n) is 3.92. The first-order valence-electron chi connectivity index (χ1n) is 5.53. The first-order valence-corrected chi connectivity index (χ1v) is 5.53. The second kappa shape index (κ2) is 6.28. The fourth-order valence-electron chi connectivity index (χ4n) is 1.27. The monoisotopic (exact) mass is 222 g/mol. The summed E-state index contributed by atoms with van der Waals surface area (Å²) in [7, 11) is 0. The number of aliphatic hydroxyl groups excluding tert-OH is 1. The normalized spacial score (nSPS) is 14.2. The smallest absolute Gasteiger partial charge is 0.335 e. The van der Waals surface area contributed by atoms with Crippen LogP contribution >= 0.6 is 0 Å². The third kappa shape index (κ3) is 3.66. The van der Waals surface area contributed by atoms with Gasteiger partial charge in [-0.05, 0) is 11.5 Å². The Labute approximate surface area is 96.1 Å². The third-order valence-electron chi connectivity index (χ3n) is 2.65. The quantitative estimate of drug-likeness (QED) is 0.776. The summed E-state index contributed by atoms with van der Waals surface area (Å²) in [6, 6.07) is 9.42. The van der Waals surface area contributed by atoms with E-state index in [9.17, 15) is 9.90 Å². The van der Waals surface area contributed by atoms with Crippen molar-refractivity contribution in [3.63, 3.8) is 0 Å². The van der Waals surface area contributed by atoms with Gasteiger partial charge >= 0.3 is 5.97 Å². The second-order valence-corrected chi connectivity index (χ2v) is 3.92. The fraction of sp³-hybridized carbons (Fsp3) is 0.462. The zero-order valence-electron chi connectivity index (χ0n) is 9.72. The molecule has 1 aromatic carbocycles. The summed E-state index contributed by atoms with van der Waals surface area (Å²) < 4.78 is 5.02. The lowest BCUT2D eigenvalue weighted by Gasteiger charge is -2.15. The van der Waals surface area contributed by atoms with Crippen LogP contribution in [0.4, 0.5) is 0 Å². The molecule has 0 saturated heterocycles. The van der Waals surface area contributed by atoms with E-state index < -0.39 is 12.1 Å². The molecule has 0 aliphatic rings. The summed E-state index contributed by atoms with van der Waals surface area (Å²) in [5, 5.41) is 9.59. The van der Waals surface area contributed by atoms with Crippen LogP contribution in [-0.2, 0) is 16.1 Å². The van der Waals surface area contributed by atoms with E-state index in [1.807, 2.05) is 44.2 Å². The average Bonchev–Trinajstić information content (AvgIpc) is 2.35. The van der Waals surface area contributed by atoms with Crippen molar-refractivity contribution in [2.45, 2.75) is 33.0 Å². The van der Waals surface area contributed by atoms with Crippen molar-refractivity contribution in [3.05, 3.63) is 35.9 Å². The van der Waals surface area contributed by atoms with E-state index in [0.29, 0.717) is 0 Å². The van der Waals surface area contributed by atoms with Gasteiger partial charge in [0.05, 0.1) is 0 Å². The Bertz CT molecular complexity index is 321. The van der Waals surface area contributed by atoms with Crippen molar-refractivity contribution in [1.82, 2.24) is 0 Å². The van der Waals surface area contributed by atoms with Crippen molar-refractivity contribution >= 4 is 5.97 Å². The van der Waals surface area contributed by atoms with Crippen LogP contribution < -0.4 is 0 Å². The van der Waals surface area contributed by atoms with Crippen LogP contribution in [0.1, 0.15) is 25.8 Å². The van der Waals surface area contributed by atoms with Crippen molar-refractivity contribution < 1.29 is 14.6 Å². The van der Waals surface area contributed by atoms with E-state index in [2.05, 4.69) is 0 Å². The van der Waals surface area contributed by atoms with Gasteiger partial charge in [0.25, 0.3) is 0 Å². The van der Waals surface area contributed by atoms with E-state index in [1.165, 1.54) is 0 Å². The van der Waals surface area contributed by atoms with Gasteiger partial charge in [-0.25, -0.2) is 4.79 Å². The molecule has 0 aliphatic carbocycles. The minimum Gasteiger partial charge on any atom is -0.459 e. The molecule has 1 aromatic rings. The van der Waals surface area contributed by atoms with Gasteiger partial charge in [0, 0.05) is 0 Å². The van der Waals surface area contributed by atoms with Crippen molar-refractivity contribution in [2.24, 2.45) is 5.92 Å². The minimum atomic E-state index is -1.02. The Balaban J connectivity index is 2.41. The summed E-state index contributed by atoms with van der Waals surface area (Å²) in [6.07, 6.45) is -0.268. The van der Waals surface area contributed by atoms with E-state index in [4.69, 9.17) is 4.74 Å². The van der Waals surface area contributed by atoms with E-state index in [-0.39, 0.29) is 12.5 Å². The van der Waals surface area contributed by atoms with E-state index in [0.717, 1.165) is 12.0 Å². The molecule has 1 N–H and O–H groups in total. The molecular formula is C13H18O3. The van der Waals surface area contributed by atoms with Gasteiger partial charge in [-0.3, -0.25) is 0 Å². The molecule has 2 atom stereocenters. The number of ether oxygens (including phenoxy) is 1. The highest BCUT2D eigenvalue weighted by Crippen LogP contribution is 2.10. The maximum Gasteiger partial charge on any atom is 0.335 e. The predicted molar refractivity (Wildman–Crippen MR) is 61.7 cm³/mol. The number of benzene rings is 1. The fourth-order valence-corrected chi connectivity index (χ4v) is 1.27. The van der Waals surface area contributed by atoms with Crippen molar-refractivity contribution in [1.29, 1.82) is 0 Å². The number of hydrogen-bond acceptors (Lipinski definition) is 3. The largest absolute Gasteiger partial charge is 0.459 e. The molecule has 3 heteroatoms. The minimum absolute atomic E-state index is 0.0664. The zero-order valence-corrected chi connectivity index (χ0v) is 9.72. The molecule has 0 bridgehead atoms. The number of carbonyl (C=O) groups is 1. The van der Waals surface area contributed by atoms with Crippen LogP contribution in [0.2, 0.25) is 0 Å². The molecule has 0 saturated carbocycles. The van der Waals surface area contributed by atoms with Crippen molar-refractivity contribution in [3.8, 4) is 0 Å². The molecule has 0 aliphatic heterocycles. The third-order valence-corrected chi connectivity index (χ3v) is 2.65. The lowest BCUT2D eigenvalue weighted by molar-refractivity contribution is -0.157.